The number of amides is 2. The Morgan fingerprint density at radius 3 is 2.79 bits per heavy atom. The third-order valence-electron chi connectivity index (χ3n) is 6.34. The van der Waals surface area contributed by atoms with Gasteiger partial charge in [-0.2, -0.15) is 0 Å². The fourth-order valence-corrected chi connectivity index (χ4v) is 4.12. The molecule has 9 nitrogen and oxygen atoms in total. The average Bonchev–Trinajstić information content (AvgIpc) is 3.44. The third kappa shape index (κ3) is 3.30. The molecule has 6 rings (SSSR count). The SMILES string of the molecule is CC1(C(=O)NC2CC2)C(=O)Nc2nc(-c3cn4ccnc4c(Cc4ccc(F)cc4)n3)ncc21. The van der Waals surface area contributed by atoms with Crippen LogP contribution in [-0.2, 0) is 21.4 Å². The standard InChI is InChI=1S/C24H20FN7O2/c1-24(22(33)28-15-6-7-15)16-11-27-20(30-19(16)31-23(24)34)18-12-32-9-8-26-21(32)17(29-18)10-13-2-4-14(25)5-3-13/h2-5,8-9,11-12,15H,6-7,10H2,1H3,(H,28,33)(H,27,30,31,34). The van der Waals surface area contributed by atoms with Gasteiger partial charge in [-0.25, -0.2) is 24.3 Å². The fraction of sp³-hybridized carbons (Fsp3) is 0.250. The summed E-state index contributed by atoms with van der Waals surface area (Å²) in [4.78, 5) is 43.7. The highest BCUT2D eigenvalue weighted by Crippen LogP contribution is 2.38. The van der Waals surface area contributed by atoms with Crippen molar-refractivity contribution < 1.29 is 14.0 Å². The Labute approximate surface area is 193 Å². The molecule has 3 aromatic heterocycles. The predicted octanol–water partition coefficient (Wildman–Crippen LogP) is 2.40. The lowest BCUT2D eigenvalue weighted by atomic mass is 9.84. The Kier molecular flexibility index (Phi) is 4.44. The van der Waals surface area contributed by atoms with Crippen molar-refractivity contribution in [2.24, 2.45) is 0 Å². The summed E-state index contributed by atoms with van der Waals surface area (Å²) in [6.45, 7) is 1.59. The van der Waals surface area contributed by atoms with Crippen molar-refractivity contribution in [1.29, 1.82) is 0 Å². The van der Waals surface area contributed by atoms with Crippen molar-refractivity contribution in [2.75, 3.05) is 5.32 Å². The van der Waals surface area contributed by atoms with E-state index in [1.807, 2.05) is 4.40 Å². The molecule has 0 saturated heterocycles. The third-order valence-corrected chi connectivity index (χ3v) is 6.34. The first-order chi connectivity index (χ1) is 16.4. The van der Waals surface area contributed by atoms with Gasteiger partial charge >= 0.3 is 0 Å². The molecule has 2 N–H and O–H groups in total. The van der Waals surface area contributed by atoms with E-state index in [9.17, 15) is 14.0 Å². The summed E-state index contributed by atoms with van der Waals surface area (Å²) in [5, 5.41) is 5.64. The second-order valence-electron chi connectivity index (χ2n) is 8.82. The van der Waals surface area contributed by atoms with Crippen molar-refractivity contribution in [3.05, 3.63) is 71.7 Å². The molecule has 0 radical (unpaired) electrons. The number of aromatic nitrogens is 5. The summed E-state index contributed by atoms with van der Waals surface area (Å²) in [6.07, 6.45) is 9.03. The minimum absolute atomic E-state index is 0.131. The van der Waals surface area contributed by atoms with Gasteiger partial charge in [0, 0.05) is 42.8 Å². The van der Waals surface area contributed by atoms with Crippen LogP contribution >= 0.6 is 0 Å². The van der Waals surface area contributed by atoms with E-state index in [0.717, 1.165) is 18.4 Å². The minimum atomic E-state index is -1.38. The van der Waals surface area contributed by atoms with E-state index in [1.54, 1.807) is 37.6 Å². The lowest BCUT2D eigenvalue weighted by molar-refractivity contribution is -0.133. The summed E-state index contributed by atoms with van der Waals surface area (Å²) in [6, 6.07) is 6.36. The van der Waals surface area contributed by atoms with Crippen molar-refractivity contribution in [3.63, 3.8) is 0 Å². The molecule has 4 aromatic rings. The van der Waals surface area contributed by atoms with Gasteiger partial charge in [0.25, 0.3) is 0 Å². The zero-order valence-electron chi connectivity index (χ0n) is 18.2. The molecule has 1 saturated carbocycles. The van der Waals surface area contributed by atoms with Gasteiger partial charge in [0.1, 0.15) is 17.3 Å². The molecule has 1 aromatic carbocycles. The van der Waals surface area contributed by atoms with Crippen LogP contribution < -0.4 is 10.6 Å². The van der Waals surface area contributed by atoms with E-state index in [0.29, 0.717) is 40.7 Å². The van der Waals surface area contributed by atoms with E-state index in [2.05, 4.69) is 25.6 Å². The maximum absolute atomic E-state index is 13.3. The molecule has 170 valence electrons. The highest BCUT2D eigenvalue weighted by Gasteiger charge is 2.51. The molecule has 1 fully saturated rings. The summed E-state index contributed by atoms with van der Waals surface area (Å²) < 4.78 is 15.1. The predicted molar refractivity (Wildman–Crippen MR) is 120 cm³/mol. The van der Waals surface area contributed by atoms with Crippen LogP contribution in [0.3, 0.4) is 0 Å². The van der Waals surface area contributed by atoms with E-state index >= 15 is 0 Å². The molecule has 4 heterocycles. The van der Waals surface area contributed by atoms with Gasteiger partial charge in [-0.3, -0.25) is 9.59 Å². The van der Waals surface area contributed by atoms with Gasteiger partial charge in [-0.1, -0.05) is 12.1 Å². The molecule has 0 spiro atoms. The zero-order chi connectivity index (χ0) is 23.4. The van der Waals surface area contributed by atoms with Crippen LogP contribution in [0.1, 0.15) is 36.6 Å². The number of rotatable bonds is 5. The number of nitrogens with one attached hydrogen (secondary N) is 2. The monoisotopic (exact) mass is 457 g/mol. The summed E-state index contributed by atoms with van der Waals surface area (Å²) in [5.74, 6) is -0.468. The van der Waals surface area contributed by atoms with Gasteiger partial charge in [0.05, 0.1) is 5.69 Å². The normalized spacial score (nSPS) is 19.2. The maximum atomic E-state index is 13.3. The highest BCUT2D eigenvalue weighted by atomic mass is 19.1. The molecule has 1 aliphatic heterocycles. The molecule has 10 heteroatoms. The molecule has 1 unspecified atom stereocenters. The van der Waals surface area contributed by atoms with Gasteiger partial charge in [0.15, 0.2) is 16.9 Å². The van der Waals surface area contributed by atoms with Crippen molar-refractivity contribution in [1.82, 2.24) is 29.7 Å². The summed E-state index contributed by atoms with van der Waals surface area (Å²) in [5.41, 5.74) is 1.77. The molecule has 0 bridgehead atoms. The lowest BCUT2D eigenvalue weighted by Gasteiger charge is -2.20. The topological polar surface area (TPSA) is 114 Å². The zero-order valence-corrected chi connectivity index (χ0v) is 18.2. The van der Waals surface area contributed by atoms with Crippen molar-refractivity contribution in [3.8, 4) is 11.5 Å². The Balaban J connectivity index is 1.38. The number of nitrogens with zero attached hydrogens (tertiary/aromatic N) is 5. The van der Waals surface area contributed by atoms with Crippen LogP contribution in [-0.4, -0.2) is 42.2 Å². The highest BCUT2D eigenvalue weighted by molar-refractivity contribution is 6.19. The molecular formula is C24H20FN7O2. The Hall–Kier alpha value is -4.21. The van der Waals surface area contributed by atoms with Crippen LogP contribution in [0.15, 0.2) is 49.1 Å². The number of imidazole rings is 1. The minimum Gasteiger partial charge on any atom is -0.352 e. The van der Waals surface area contributed by atoms with E-state index < -0.39 is 11.3 Å². The number of benzene rings is 1. The van der Waals surface area contributed by atoms with Crippen molar-refractivity contribution >= 4 is 23.3 Å². The Morgan fingerprint density at radius 2 is 2.03 bits per heavy atom. The number of anilines is 1. The summed E-state index contributed by atoms with van der Waals surface area (Å²) in [7, 11) is 0. The first-order valence-corrected chi connectivity index (χ1v) is 11.0. The molecule has 1 aliphatic carbocycles. The average molecular weight is 457 g/mol. The molecule has 2 amide bonds. The Bertz CT molecular complexity index is 1460. The Morgan fingerprint density at radius 1 is 1.24 bits per heavy atom. The number of halogens is 1. The smallest absolute Gasteiger partial charge is 0.245 e. The van der Waals surface area contributed by atoms with Crippen LogP contribution in [0.25, 0.3) is 17.2 Å². The number of carbonyl (C=O) groups is 2. The van der Waals surface area contributed by atoms with Crippen LogP contribution in [0.4, 0.5) is 10.2 Å². The molecule has 1 atom stereocenters. The number of hydrogen-bond acceptors (Lipinski definition) is 6. The molecule has 34 heavy (non-hydrogen) atoms. The first kappa shape index (κ1) is 20.4. The lowest BCUT2D eigenvalue weighted by Crippen LogP contribution is -2.47. The number of carbonyl (C=O) groups excluding carboxylic acids is 2. The summed E-state index contributed by atoms with van der Waals surface area (Å²) >= 11 is 0. The van der Waals surface area contributed by atoms with Crippen LogP contribution in [0, 0.1) is 5.82 Å². The molecular weight excluding hydrogens is 437 g/mol. The van der Waals surface area contributed by atoms with E-state index in [4.69, 9.17) is 4.98 Å². The quantitative estimate of drug-likeness (QED) is 0.445. The van der Waals surface area contributed by atoms with E-state index in [-0.39, 0.29) is 17.8 Å². The largest absolute Gasteiger partial charge is 0.352 e. The maximum Gasteiger partial charge on any atom is 0.245 e. The number of hydrogen-bond donors (Lipinski definition) is 2. The van der Waals surface area contributed by atoms with Crippen LogP contribution in [0.5, 0.6) is 0 Å². The number of fused-ring (bicyclic) bond motifs is 2. The van der Waals surface area contributed by atoms with Gasteiger partial charge in [-0.05, 0) is 37.5 Å². The van der Waals surface area contributed by atoms with Gasteiger partial charge in [-0.15, -0.1) is 0 Å². The molecule has 2 aliphatic rings. The van der Waals surface area contributed by atoms with Gasteiger partial charge in [0.2, 0.25) is 11.8 Å². The van der Waals surface area contributed by atoms with E-state index in [1.165, 1.54) is 18.3 Å². The van der Waals surface area contributed by atoms with Crippen molar-refractivity contribution in [2.45, 2.75) is 37.6 Å². The van der Waals surface area contributed by atoms with Crippen LogP contribution in [0.2, 0.25) is 0 Å². The first-order valence-electron chi connectivity index (χ1n) is 11.0. The fourth-order valence-electron chi connectivity index (χ4n) is 4.12. The second-order valence-corrected chi connectivity index (χ2v) is 8.82. The second kappa shape index (κ2) is 7.41. The van der Waals surface area contributed by atoms with Gasteiger partial charge < -0.3 is 15.0 Å².